The summed E-state index contributed by atoms with van der Waals surface area (Å²) < 4.78 is 11.1. The Hall–Kier alpha value is -2.83. The first-order chi connectivity index (χ1) is 15.6. The van der Waals surface area contributed by atoms with E-state index in [-0.39, 0.29) is 11.9 Å². The third-order valence-electron chi connectivity index (χ3n) is 5.33. The fourth-order valence-electron chi connectivity index (χ4n) is 3.75. The average Bonchev–Trinajstić information content (AvgIpc) is 3.16. The zero-order valence-corrected chi connectivity index (χ0v) is 19.4. The van der Waals surface area contributed by atoms with Crippen molar-refractivity contribution in [3.8, 4) is 5.75 Å². The van der Waals surface area contributed by atoms with E-state index in [0.29, 0.717) is 40.1 Å². The number of benzene rings is 2. The van der Waals surface area contributed by atoms with Crippen LogP contribution in [0.15, 0.2) is 48.5 Å². The molecular weight excluding hydrogens is 446 g/mol. The van der Waals surface area contributed by atoms with E-state index in [1.54, 1.807) is 31.2 Å². The lowest BCUT2D eigenvalue weighted by Gasteiger charge is -2.12. The molecule has 0 saturated heterocycles. The number of halogens is 1. The number of fused-ring (bicyclic) bond motifs is 1. The molecule has 3 aromatic rings. The molecule has 0 fully saturated rings. The zero-order chi connectivity index (χ0) is 22.5. The van der Waals surface area contributed by atoms with Crippen molar-refractivity contribution in [1.29, 1.82) is 0 Å². The molecule has 1 heterocycles. The molecule has 1 aliphatic carbocycles. The first-order valence-electron chi connectivity index (χ1n) is 10.7. The Morgan fingerprint density at radius 2 is 1.91 bits per heavy atom. The molecule has 0 atom stereocenters. The van der Waals surface area contributed by atoms with Crippen LogP contribution in [0.25, 0.3) is 0 Å². The lowest BCUT2D eigenvalue weighted by molar-refractivity contribution is 0.0526. The molecular formula is C25H24ClNO4S. The van der Waals surface area contributed by atoms with E-state index in [1.165, 1.54) is 11.3 Å². The monoisotopic (exact) mass is 469 g/mol. The molecule has 2 aromatic carbocycles. The summed E-state index contributed by atoms with van der Waals surface area (Å²) in [5.74, 6) is -0.106. The third-order valence-corrected chi connectivity index (χ3v) is 6.90. The van der Waals surface area contributed by atoms with Crippen molar-refractivity contribution in [2.75, 3.05) is 11.9 Å². The highest BCUT2D eigenvalue weighted by Gasteiger charge is 2.27. The van der Waals surface area contributed by atoms with Crippen LogP contribution in [-0.4, -0.2) is 18.5 Å². The van der Waals surface area contributed by atoms with E-state index in [1.807, 2.05) is 24.3 Å². The van der Waals surface area contributed by atoms with Crippen LogP contribution in [0, 0.1) is 0 Å². The molecule has 0 bridgehead atoms. The molecule has 1 aliphatic rings. The second kappa shape index (κ2) is 10.2. The molecule has 32 heavy (non-hydrogen) atoms. The number of nitrogens with one attached hydrogen (secondary N) is 1. The number of ether oxygens (including phenoxy) is 2. The minimum Gasteiger partial charge on any atom is -0.489 e. The van der Waals surface area contributed by atoms with Crippen molar-refractivity contribution in [3.63, 3.8) is 0 Å². The molecule has 0 saturated carbocycles. The molecule has 0 radical (unpaired) electrons. The van der Waals surface area contributed by atoms with Crippen molar-refractivity contribution in [2.24, 2.45) is 0 Å². The molecule has 7 heteroatoms. The van der Waals surface area contributed by atoms with Crippen molar-refractivity contribution < 1.29 is 19.1 Å². The maximum Gasteiger partial charge on any atom is 0.341 e. The van der Waals surface area contributed by atoms with Gasteiger partial charge in [0.1, 0.15) is 17.4 Å². The fraction of sp³-hybridized carbons (Fsp3) is 0.280. The van der Waals surface area contributed by atoms with Gasteiger partial charge in [-0.25, -0.2) is 4.79 Å². The fourth-order valence-corrected chi connectivity index (χ4v) is 5.21. The van der Waals surface area contributed by atoms with Gasteiger partial charge in [0.15, 0.2) is 0 Å². The Bertz CT molecular complexity index is 1140. The van der Waals surface area contributed by atoms with Crippen molar-refractivity contribution in [1.82, 2.24) is 0 Å². The number of aryl methyl sites for hydroxylation is 1. The summed E-state index contributed by atoms with van der Waals surface area (Å²) in [7, 11) is 0. The molecule has 1 amide bonds. The molecule has 1 N–H and O–H groups in total. The van der Waals surface area contributed by atoms with Gasteiger partial charge in [-0.1, -0.05) is 35.9 Å². The summed E-state index contributed by atoms with van der Waals surface area (Å²) in [5, 5.41) is 4.13. The van der Waals surface area contributed by atoms with Gasteiger partial charge in [0.2, 0.25) is 0 Å². The predicted molar refractivity (Wildman–Crippen MR) is 127 cm³/mol. The molecule has 0 unspecified atom stereocenters. The maximum absolute atomic E-state index is 13.0. The van der Waals surface area contributed by atoms with Crippen LogP contribution in [0.5, 0.6) is 5.75 Å². The van der Waals surface area contributed by atoms with Gasteiger partial charge >= 0.3 is 5.97 Å². The summed E-state index contributed by atoms with van der Waals surface area (Å²) in [5.41, 5.74) is 2.84. The van der Waals surface area contributed by atoms with E-state index in [9.17, 15) is 9.59 Å². The second-order valence-corrected chi connectivity index (χ2v) is 9.01. The van der Waals surface area contributed by atoms with Gasteiger partial charge in [-0.2, -0.15) is 0 Å². The number of thiophene rings is 1. The van der Waals surface area contributed by atoms with E-state index in [0.717, 1.165) is 41.7 Å². The molecule has 1 aromatic heterocycles. The van der Waals surface area contributed by atoms with Crippen LogP contribution in [0.2, 0.25) is 5.02 Å². The number of esters is 1. The summed E-state index contributed by atoms with van der Waals surface area (Å²) in [4.78, 5) is 26.8. The minimum atomic E-state index is -0.376. The van der Waals surface area contributed by atoms with Gasteiger partial charge in [-0.3, -0.25) is 4.79 Å². The van der Waals surface area contributed by atoms with E-state index >= 15 is 0 Å². The number of rotatable bonds is 7. The summed E-state index contributed by atoms with van der Waals surface area (Å²) in [6.45, 7) is 2.38. The Balaban J connectivity index is 1.52. The highest BCUT2D eigenvalue weighted by atomic mass is 35.5. The van der Waals surface area contributed by atoms with Gasteiger partial charge in [-0.05, 0) is 62.4 Å². The number of carbonyl (C=O) groups excluding carboxylic acids is 2. The number of hydrogen-bond donors (Lipinski definition) is 1. The Kier molecular flexibility index (Phi) is 7.12. The van der Waals surface area contributed by atoms with E-state index < -0.39 is 0 Å². The number of anilines is 1. The Morgan fingerprint density at radius 1 is 1.09 bits per heavy atom. The first kappa shape index (κ1) is 22.4. The van der Waals surface area contributed by atoms with Crippen molar-refractivity contribution in [3.05, 3.63) is 80.7 Å². The van der Waals surface area contributed by atoms with Crippen LogP contribution in [0.4, 0.5) is 5.00 Å². The van der Waals surface area contributed by atoms with Crippen LogP contribution in [0.1, 0.15) is 56.5 Å². The molecule has 166 valence electrons. The zero-order valence-electron chi connectivity index (χ0n) is 17.8. The lowest BCUT2D eigenvalue weighted by atomic mass is 9.95. The van der Waals surface area contributed by atoms with Gasteiger partial charge in [0.05, 0.1) is 12.2 Å². The maximum atomic E-state index is 13.0. The standard InChI is InChI=1S/C25H24ClNO4S/c1-2-30-25(29)22-19-11-4-6-13-21(19)32-24(22)27-23(28)16-9-7-10-18(14-16)31-15-17-8-3-5-12-20(17)26/h3,5,7-10,12,14H,2,4,6,11,13,15H2,1H3,(H,27,28). The Labute approximate surface area is 196 Å². The van der Waals surface area contributed by atoms with E-state index in [4.69, 9.17) is 21.1 Å². The minimum absolute atomic E-state index is 0.293. The van der Waals surface area contributed by atoms with Crippen LogP contribution >= 0.6 is 22.9 Å². The summed E-state index contributed by atoms with van der Waals surface area (Å²) >= 11 is 7.66. The van der Waals surface area contributed by atoms with Gasteiger partial charge in [0, 0.05) is 21.0 Å². The molecule has 4 rings (SSSR count). The lowest BCUT2D eigenvalue weighted by Crippen LogP contribution is -2.15. The molecule has 0 aliphatic heterocycles. The summed E-state index contributed by atoms with van der Waals surface area (Å²) in [6.07, 6.45) is 3.89. The summed E-state index contributed by atoms with van der Waals surface area (Å²) in [6, 6.07) is 14.4. The van der Waals surface area contributed by atoms with Gasteiger partial charge in [0.25, 0.3) is 5.91 Å². The first-order valence-corrected chi connectivity index (χ1v) is 11.9. The van der Waals surface area contributed by atoms with E-state index in [2.05, 4.69) is 5.32 Å². The molecule has 0 spiro atoms. The van der Waals surface area contributed by atoms with Crippen LogP contribution in [0.3, 0.4) is 0 Å². The van der Waals surface area contributed by atoms with Crippen molar-refractivity contribution >= 4 is 39.8 Å². The highest BCUT2D eigenvalue weighted by molar-refractivity contribution is 7.17. The quantitative estimate of drug-likeness (QED) is 0.413. The average molecular weight is 470 g/mol. The smallest absolute Gasteiger partial charge is 0.341 e. The van der Waals surface area contributed by atoms with Crippen LogP contribution in [-0.2, 0) is 24.2 Å². The largest absolute Gasteiger partial charge is 0.489 e. The normalized spacial score (nSPS) is 12.7. The van der Waals surface area contributed by atoms with Crippen molar-refractivity contribution in [2.45, 2.75) is 39.2 Å². The predicted octanol–water partition coefficient (Wildman–Crippen LogP) is 6.29. The van der Waals surface area contributed by atoms with Gasteiger partial charge < -0.3 is 14.8 Å². The Morgan fingerprint density at radius 3 is 2.72 bits per heavy atom. The number of hydrogen-bond acceptors (Lipinski definition) is 5. The SMILES string of the molecule is CCOC(=O)c1c(NC(=O)c2cccc(OCc3ccccc3Cl)c2)sc2c1CCCC2. The topological polar surface area (TPSA) is 64.6 Å². The highest BCUT2D eigenvalue weighted by Crippen LogP contribution is 2.39. The number of carbonyl (C=O) groups is 2. The second-order valence-electron chi connectivity index (χ2n) is 7.50. The molecule has 5 nitrogen and oxygen atoms in total. The third kappa shape index (κ3) is 4.97. The number of amides is 1. The van der Waals surface area contributed by atoms with Gasteiger partial charge in [-0.15, -0.1) is 11.3 Å². The van der Waals surface area contributed by atoms with Crippen LogP contribution < -0.4 is 10.1 Å².